The minimum Gasteiger partial charge on any atom is -0.508 e. The van der Waals surface area contributed by atoms with Crippen molar-refractivity contribution in [1.82, 2.24) is 25.3 Å². The molecule has 4 amide bonds. The molecule has 3 N–H and O–H groups in total. The van der Waals surface area contributed by atoms with E-state index in [0.717, 1.165) is 36.1 Å². The molecule has 2 aromatic carbocycles. The lowest BCUT2D eigenvalue weighted by Gasteiger charge is -2.34. The third kappa shape index (κ3) is 12.5. The summed E-state index contributed by atoms with van der Waals surface area (Å²) in [7, 11) is 1.63. The number of benzene rings is 2. The van der Waals surface area contributed by atoms with Gasteiger partial charge in [-0.2, -0.15) is 0 Å². The van der Waals surface area contributed by atoms with Gasteiger partial charge in [-0.15, -0.1) is 6.58 Å². The predicted octanol–water partition coefficient (Wildman–Crippen LogP) is 3.60. The van der Waals surface area contributed by atoms with E-state index in [9.17, 15) is 24.3 Å². The maximum absolute atomic E-state index is 14.3. The van der Waals surface area contributed by atoms with Crippen molar-refractivity contribution in [2.24, 2.45) is 5.92 Å². The Morgan fingerprint density at radius 3 is 2.51 bits per heavy atom. The summed E-state index contributed by atoms with van der Waals surface area (Å²) in [4.78, 5) is 58.8. The van der Waals surface area contributed by atoms with Crippen molar-refractivity contribution in [2.75, 3.05) is 52.9 Å². The van der Waals surface area contributed by atoms with Crippen LogP contribution in [0.5, 0.6) is 5.75 Å². The topological polar surface area (TPSA) is 132 Å². The van der Waals surface area contributed by atoms with Crippen molar-refractivity contribution in [1.29, 1.82) is 0 Å². The fourth-order valence-electron chi connectivity index (χ4n) is 6.28. The van der Waals surface area contributed by atoms with Gasteiger partial charge in [-0.25, -0.2) is 0 Å². The number of carbonyl (C=O) groups excluding carboxylic acids is 4. The number of rotatable bonds is 19. The highest BCUT2D eigenvalue weighted by atomic mass is 16.5. The number of carbonyl (C=O) groups is 4. The first kappa shape index (κ1) is 39.1. The summed E-state index contributed by atoms with van der Waals surface area (Å²) in [6.45, 7) is 8.84. The molecule has 2 aliphatic rings. The van der Waals surface area contributed by atoms with Gasteiger partial charge in [0.25, 0.3) is 0 Å². The van der Waals surface area contributed by atoms with Crippen LogP contribution in [-0.2, 0) is 36.9 Å². The smallest absolute Gasteiger partial charge is 0.245 e. The van der Waals surface area contributed by atoms with Crippen LogP contribution >= 0.6 is 0 Å². The zero-order valence-corrected chi connectivity index (χ0v) is 30.0. The van der Waals surface area contributed by atoms with Crippen molar-refractivity contribution in [2.45, 2.75) is 57.7 Å². The van der Waals surface area contributed by atoms with Crippen molar-refractivity contribution >= 4 is 23.6 Å². The van der Waals surface area contributed by atoms with Crippen LogP contribution in [0.15, 0.2) is 91.1 Å². The van der Waals surface area contributed by atoms with Crippen molar-refractivity contribution in [3.63, 3.8) is 0 Å². The van der Waals surface area contributed by atoms with Crippen LogP contribution in [0.1, 0.15) is 43.7 Å². The number of allylic oxidation sites excluding steroid dienone is 2. The molecule has 11 nitrogen and oxygen atoms in total. The molecular weight excluding hydrogens is 646 g/mol. The largest absolute Gasteiger partial charge is 0.508 e. The lowest BCUT2D eigenvalue weighted by atomic mass is 9.92. The van der Waals surface area contributed by atoms with Crippen LogP contribution in [0.4, 0.5) is 0 Å². The van der Waals surface area contributed by atoms with E-state index in [2.05, 4.69) is 17.2 Å². The number of hydrogen-bond donors (Lipinski definition) is 3. The SMILES string of the molecule is C=CCN(CCC(=O)NCc1ccccc1)CC(=O)N(C)[C@@H](Cc1ccc(O)cc1)C(=O)N(CC)CC1=CC=CC(C(=O)NCC2CCCO2)C1. The minimum atomic E-state index is -0.827. The second-order valence-corrected chi connectivity index (χ2v) is 13.2. The lowest BCUT2D eigenvalue weighted by molar-refractivity contribution is -0.144. The zero-order valence-electron chi connectivity index (χ0n) is 30.0. The Kier molecular flexibility index (Phi) is 15.5. The van der Waals surface area contributed by atoms with Gasteiger partial charge < -0.3 is 30.3 Å². The first-order valence-electron chi connectivity index (χ1n) is 17.9. The molecule has 2 unspecified atom stereocenters. The summed E-state index contributed by atoms with van der Waals surface area (Å²) in [5, 5.41) is 15.8. The average Bonchev–Trinajstić information content (AvgIpc) is 3.68. The number of aromatic hydroxyl groups is 1. The average molecular weight is 700 g/mol. The molecule has 1 saturated heterocycles. The summed E-state index contributed by atoms with van der Waals surface area (Å²) in [6, 6.07) is 15.5. The van der Waals surface area contributed by atoms with Crippen molar-refractivity contribution in [3.05, 3.63) is 102 Å². The monoisotopic (exact) mass is 699 g/mol. The number of nitrogens with one attached hydrogen (secondary N) is 2. The molecule has 0 spiro atoms. The molecule has 4 rings (SSSR count). The molecule has 1 aliphatic heterocycles. The first-order chi connectivity index (χ1) is 24.7. The molecule has 11 heteroatoms. The molecule has 51 heavy (non-hydrogen) atoms. The Labute approximate surface area is 302 Å². The Hall–Kier alpha value is -4.74. The maximum Gasteiger partial charge on any atom is 0.245 e. The molecule has 3 atom stereocenters. The van der Waals surface area contributed by atoms with E-state index in [1.54, 1.807) is 42.3 Å². The fraction of sp³-hybridized carbons (Fsp3) is 0.450. The van der Waals surface area contributed by atoms with Gasteiger partial charge in [-0.05, 0) is 55.0 Å². The minimum absolute atomic E-state index is 0.00138. The molecule has 1 heterocycles. The summed E-state index contributed by atoms with van der Waals surface area (Å²) < 4.78 is 5.64. The summed E-state index contributed by atoms with van der Waals surface area (Å²) in [6.07, 6.45) is 10.3. The zero-order chi connectivity index (χ0) is 36.6. The molecule has 0 radical (unpaired) electrons. The fourth-order valence-corrected chi connectivity index (χ4v) is 6.28. The van der Waals surface area contributed by atoms with E-state index in [0.29, 0.717) is 45.7 Å². The molecule has 1 fully saturated rings. The second-order valence-electron chi connectivity index (χ2n) is 13.2. The van der Waals surface area contributed by atoms with Crippen LogP contribution in [-0.4, -0.2) is 109 Å². The van der Waals surface area contributed by atoms with Gasteiger partial charge >= 0.3 is 0 Å². The Morgan fingerprint density at radius 2 is 1.82 bits per heavy atom. The highest BCUT2D eigenvalue weighted by Gasteiger charge is 2.32. The quantitative estimate of drug-likeness (QED) is 0.191. The number of phenols is 1. The van der Waals surface area contributed by atoms with Gasteiger partial charge in [0.2, 0.25) is 23.6 Å². The van der Waals surface area contributed by atoms with Gasteiger partial charge in [-0.3, -0.25) is 24.1 Å². The van der Waals surface area contributed by atoms with E-state index in [4.69, 9.17) is 4.74 Å². The van der Waals surface area contributed by atoms with Crippen molar-refractivity contribution < 1.29 is 29.0 Å². The van der Waals surface area contributed by atoms with Gasteiger partial charge in [0.1, 0.15) is 11.8 Å². The van der Waals surface area contributed by atoms with Crippen LogP contribution in [0.3, 0.4) is 0 Å². The molecule has 0 aromatic heterocycles. The van der Waals surface area contributed by atoms with Crippen LogP contribution in [0.25, 0.3) is 0 Å². The Balaban J connectivity index is 1.39. The van der Waals surface area contributed by atoms with Gasteiger partial charge in [0.05, 0.1) is 18.6 Å². The third-order valence-corrected chi connectivity index (χ3v) is 9.35. The number of hydrogen-bond acceptors (Lipinski definition) is 7. The number of phenolic OH excluding ortho intramolecular Hbond substituents is 1. The normalized spacial score (nSPS) is 17.4. The Morgan fingerprint density at radius 1 is 1.06 bits per heavy atom. The predicted molar refractivity (Wildman–Crippen MR) is 197 cm³/mol. The first-order valence-corrected chi connectivity index (χ1v) is 17.9. The van der Waals surface area contributed by atoms with Crippen molar-refractivity contribution in [3.8, 4) is 5.75 Å². The van der Waals surface area contributed by atoms with Crippen LogP contribution in [0.2, 0.25) is 0 Å². The van der Waals surface area contributed by atoms with E-state index in [-0.39, 0.29) is 60.8 Å². The van der Waals surface area contributed by atoms with Gasteiger partial charge in [0.15, 0.2) is 0 Å². The number of nitrogens with zero attached hydrogens (tertiary/aromatic N) is 3. The van der Waals surface area contributed by atoms with E-state index < -0.39 is 6.04 Å². The summed E-state index contributed by atoms with van der Waals surface area (Å²) in [5.74, 6) is -0.893. The number of likely N-dealkylation sites (N-methyl/N-ethyl adjacent to an activating group) is 2. The highest BCUT2D eigenvalue weighted by Crippen LogP contribution is 2.22. The van der Waals surface area contributed by atoms with E-state index >= 15 is 0 Å². The lowest BCUT2D eigenvalue weighted by Crippen LogP contribution is -2.53. The standard InChI is InChI=1S/C40H53N5O6/c1-4-21-44(22-20-37(47)41-26-31-11-7-6-8-12-31)29-38(48)43(3)36(25-30-16-18-34(46)19-17-30)40(50)45(5-2)28-32-13-9-14-33(24-32)39(49)42-27-35-15-10-23-51-35/h4,6-9,11-14,16-19,33,35-36,46H,1,5,10,15,20-29H2,2-3H3,(H,41,47)(H,42,49)/t33?,35?,36-/m0/s1. The second kappa shape index (κ2) is 20.2. The Bertz CT molecular complexity index is 1520. The molecule has 274 valence electrons. The van der Waals surface area contributed by atoms with Crippen LogP contribution < -0.4 is 10.6 Å². The summed E-state index contributed by atoms with van der Waals surface area (Å²) in [5.41, 5.74) is 2.75. The maximum atomic E-state index is 14.3. The molecule has 0 saturated carbocycles. The van der Waals surface area contributed by atoms with Crippen LogP contribution in [0, 0.1) is 5.92 Å². The molecule has 2 aromatic rings. The van der Waals surface area contributed by atoms with Gasteiger partial charge in [-0.1, -0.05) is 66.8 Å². The summed E-state index contributed by atoms with van der Waals surface area (Å²) >= 11 is 0. The molecule has 0 bridgehead atoms. The van der Waals surface area contributed by atoms with E-state index in [1.807, 2.05) is 60.4 Å². The molecule has 1 aliphatic carbocycles. The number of amides is 4. The highest BCUT2D eigenvalue weighted by molar-refractivity contribution is 5.89. The van der Waals surface area contributed by atoms with Gasteiger partial charge in [0, 0.05) is 65.8 Å². The van der Waals surface area contributed by atoms with E-state index in [1.165, 1.54) is 4.90 Å². The third-order valence-electron chi connectivity index (χ3n) is 9.35. The number of ether oxygens (including phenoxy) is 1. The molecular formula is C40H53N5O6.